The molecule has 21 heavy (non-hydrogen) atoms. The van der Waals surface area contributed by atoms with Gasteiger partial charge in [-0.1, -0.05) is 20.3 Å². The van der Waals surface area contributed by atoms with Crippen molar-refractivity contribution in [1.82, 2.24) is 4.90 Å². The summed E-state index contributed by atoms with van der Waals surface area (Å²) in [6, 6.07) is 2.97. The zero-order chi connectivity index (χ0) is 16.2. The Morgan fingerprint density at radius 2 is 2.00 bits per heavy atom. The summed E-state index contributed by atoms with van der Waals surface area (Å²) in [6.07, 6.45) is 0.891. The van der Waals surface area contributed by atoms with Gasteiger partial charge >= 0.3 is 0 Å². The van der Waals surface area contributed by atoms with Crippen LogP contribution in [0.3, 0.4) is 0 Å². The lowest BCUT2D eigenvalue weighted by atomic mass is 10.1. The molecule has 0 aromatic heterocycles. The average molecular weight is 336 g/mol. The van der Waals surface area contributed by atoms with Crippen LogP contribution >= 0.6 is 10.7 Å². The van der Waals surface area contributed by atoms with Crippen molar-refractivity contribution in [2.24, 2.45) is 5.92 Å². The third kappa shape index (κ3) is 4.68. The maximum atomic E-state index is 13.8. The number of halogens is 2. The molecule has 118 valence electrons. The zero-order valence-corrected chi connectivity index (χ0v) is 13.8. The van der Waals surface area contributed by atoms with Crippen LogP contribution in [0.1, 0.15) is 37.6 Å². The summed E-state index contributed by atoms with van der Waals surface area (Å²) in [5, 5.41) is 0. The van der Waals surface area contributed by atoms with Crippen LogP contribution in [-0.4, -0.2) is 32.3 Å². The highest BCUT2D eigenvalue weighted by Gasteiger charge is 2.22. The molecule has 0 N–H and O–H groups in total. The summed E-state index contributed by atoms with van der Waals surface area (Å²) in [6.45, 7) is 6.69. The number of hydrogen-bond acceptors (Lipinski definition) is 3. The van der Waals surface area contributed by atoms with E-state index in [0.717, 1.165) is 24.6 Å². The van der Waals surface area contributed by atoms with Crippen LogP contribution in [0.15, 0.2) is 23.1 Å². The van der Waals surface area contributed by atoms with Crippen molar-refractivity contribution in [2.75, 3.05) is 13.1 Å². The molecule has 0 saturated heterocycles. The molecule has 0 bridgehead atoms. The number of nitrogens with zero attached hydrogens (tertiary/aromatic N) is 1. The largest absolute Gasteiger partial charge is 0.339 e. The van der Waals surface area contributed by atoms with Crippen molar-refractivity contribution in [1.29, 1.82) is 0 Å². The van der Waals surface area contributed by atoms with E-state index < -0.39 is 20.8 Å². The molecule has 1 aromatic carbocycles. The lowest BCUT2D eigenvalue weighted by molar-refractivity contribution is 0.0736. The Balaban J connectivity index is 3.16. The molecule has 0 radical (unpaired) electrons. The van der Waals surface area contributed by atoms with Crippen LogP contribution < -0.4 is 0 Å². The van der Waals surface area contributed by atoms with E-state index in [1.807, 2.05) is 13.8 Å². The Kier molecular flexibility index (Phi) is 6.16. The van der Waals surface area contributed by atoms with E-state index in [2.05, 4.69) is 0 Å². The van der Waals surface area contributed by atoms with Gasteiger partial charge in [0, 0.05) is 23.8 Å². The Labute approximate surface area is 129 Å². The molecule has 0 saturated carbocycles. The van der Waals surface area contributed by atoms with E-state index in [4.69, 9.17) is 10.7 Å². The predicted molar refractivity (Wildman–Crippen MR) is 80.5 cm³/mol. The van der Waals surface area contributed by atoms with Crippen LogP contribution in [0.25, 0.3) is 0 Å². The molecular weight excluding hydrogens is 317 g/mol. The minimum absolute atomic E-state index is 0.275. The highest BCUT2D eigenvalue weighted by atomic mass is 35.7. The molecule has 0 aliphatic heterocycles. The van der Waals surface area contributed by atoms with E-state index in [9.17, 15) is 17.6 Å². The van der Waals surface area contributed by atoms with Crippen LogP contribution in [0.5, 0.6) is 0 Å². The van der Waals surface area contributed by atoms with Gasteiger partial charge in [0.25, 0.3) is 15.0 Å². The topological polar surface area (TPSA) is 54.5 Å². The van der Waals surface area contributed by atoms with Crippen molar-refractivity contribution >= 4 is 25.6 Å². The Bertz CT molecular complexity index is 619. The summed E-state index contributed by atoms with van der Waals surface area (Å²) >= 11 is 0. The molecular formula is C14H19ClFNO3S. The maximum absolute atomic E-state index is 13.8. The van der Waals surface area contributed by atoms with E-state index in [1.165, 1.54) is 4.90 Å². The van der Waals surface area contributed by atoms with Gasteiger partial charge in [-0.15, -0.1) is 0 Å². The molecule has 0 fully saturated rings. The van der Waals surface area contributed by atoms with Crippen LogP contribution in [0, 0.1) is 11.7 Å². The monoisotopic (exact) mass is 335 g/mol. The van der Waals surface area contributed by atoms with Crippen LogP contribution in [0.2, 0.25) is 0 Å². The van der Waals surface area contributed by atoms with E-state index in [1.54, 1.807) is 6.92 Å². The van der Waals surface area contributed by atoms with Crippen molar-refractivity contribution in [3.05, 3.63) is 29.6 Å². The highest BCUT2D eigenvalue weighted by molar-refractivity contribution is 8.13. The number of carbonyl (C=O) groups is 1. The van der Waals surface area contributed by atoms with Gasteiger partial charge < -0.3 is 4.90 Å². The summed E-state index contributed by atoms with van der Waals surface area (Å²) in [4.78, 5) is 13.6. The number of amides is 1. The van der Waals surface area contributed by atoms with Gasteiger partial charge in [0.1, 0.15) is 5.82 Å². The minimum Gasteiger partial charge on any atom is -0.339 e. The summed E-state index contributed by atoms with van der Waals surface area (Å²) in [5.41, 5.74) is -0.276. The van der Waals surface area contributed by atoms with Crippen molar-refractivity contribution in [3.8, 4) is 0 Å². The van der Waals surface area contributed by atoms with Gasteiger partial charge in [-0.3, -0.25) is 4.79 Å². The minimum atomic E-state index is -4.00. The fraction of sp³-hybridized carbons (Fsp3) is 0.500. The number of hydrogen-bond donors (Lipinski definition) is 0. The first kappa shape index (κ1) is 17.9. The summed E-state index contributed by atoms with van der Waals surface area (Å²) in [7, 11) is 1.23. The Morgan fingerprint density at radius 1 is 1.38 bits per heavy atom. The predicted octanol–water partition coefficient (Wildman–Crippen LogP) is 3.26. The zero-order valence-electron chi connectivity index (χ0n) is 12.3. The highest BCUT2D eigenvalue weighted by Crippen LogP contribution is 2.20. The third-order valence-corrected chi connectivity index (χ3v) is 4.70. The molecule has 1 aromatic rings. The first-order valence-corrected chi connectivity index (χ1v) is 9.05. The summed E-state index contributed by atoms with van der Waals surface area (Å²) < 4.78 is 36.4. The lowest BCUT2D eigenvalue weighted by Gasteiger charge is -2.24. The SMILES string of the molecule is CCC(C)CN(CC)C(=O)c1cc(S(=O)(=O)Cl)ccc1F. The van der Waals surface area contributed by atoms with Gasteiger partial charge in [0.15, 0.2) is 0 Å². The molecule has 7 heteroatoms. The fourth-order valence-electron chi connectivity index (χ4n) is 1.85. The van der Waals surface area contributed by atoms with Crippen molar-refractivity contribution in [3.63, 3.8) is 0 Å². The second-order valence-electron chi connectivity index (χ2n) is 4.94. The summed E-state index contributed by atoms with van der Waals surface area (Å²) in [5.74, 6) is -1.01. The molecule has 4 nitrogen and oxygen atoms in total. The molecule has 1 amide bonds. The lowest BCUT2D eigenvalue weighted by Crippen LogP contribution is -2.35. The quantitative estimate of drug-likeness (QED) is 0.750. The normalized spacial score (nSPS) is 13.0. The van der Waals surface area contributed by atoms with E-state index >= 15 is 0 Å². The second-order valence-corrected chi connectivity index (χ2v) is 7.50. The fourth-order valence-corrected chi connectivity index (χ4v) is 2.63. The second kappa shape index (κ2) is 7.22. The van der Waals surface area contributed by atoms with Gasteiger partial charge in [-0.25, -0.2) is 12.8 Å². The van der Waals surface area contributed by atoms with Crippen molar-refractivity contribution < 1.29 is 17.6 Å². The molecule has 0 heterocycles. The van der Waals surface area contributed by atoms with Gasteiger partial charge in [-0.05, 0) is 31.0 Å². The molecule has 0 aliphatic rings. The van der Waals surface area contributed by atoms with Crippen LogP contribution in [-0.2, 0) is 9.05 Å². The van der Waals surface area contributed by atoms with E-state index in [0.29, 0.717) is 13.1 Å². The van der Waals surface area contributed by atoms with E-state index in [-0.39, 0.29) is 16.4 Å². The molecule has 1 unspecified atom stereocenters. The average Bonchev–Trinajstić information content (AvgIpc) is 2.42. The van der Waals surface area contributed by atoms with Gasteiger partial charge in [-0.2, -0.15) is 0 Å². The Hall–Kier alpha value is -1.14. The molecule has 1 rings (SSSR count). The smallest absolute Gasteiger partial charge is 0.261 e. The van der Waals surface area contributed by atoms with Crippen molar-refractivity contribution in [2.45, 2.75) is 32.1 Å². The third-order valence-electron chi connectivity index (χ3n) is 3.35. The first-order valence-electron chi connectivity index (χ1n) is 6.74. The number of carbonyl (C=O) groups excluding carboxylic acids is 1. The first-order chi connectivity index (χ1) is 9.70. The van der Waals surface area contributed by atoms with Crippen LogP contribution in [0.4, 0.5) is 4.39 Å². The van der Waals surface area contributed by atoms with Gasteiger partial charge in [0.05, 0.1) is 10.5 Å². The standard InChI is InChI=1S/C14H19ClFNO3S/c1-4-10(3)9-17(5-2)14(18)12-8-11(21(15,19)20)6-7-13(12)16/h6-8,10H,4-5,9H2,1-3H3. The molecule has 0 aliphatic carbocycles. The maximum Gasteiger partial charge on any atom is 0.261 e. The molecule has 0 spiro atoms. The number of benzene rings is 1. The molecule has 1 atom stereocenters. The van der Waals surface area contributed by atoms with Gasteiger partial charge in [0.2, 0.25) is 0 Å². The number of rotatable bonds is 6. The Morgan fingerprint density at radius 3 is 2.48 bits per heavy atom.